The molecule has 1 aliphatic carbocycles. The van der Waals surface area contributed by atoms with Gasteiger partial charge in [-0.1, -0.05) is 54.6 Å². The topological polar surface area (TPSA) is 29.1 Å². The van der Waals surface area contributed by atoms with Crippen LogP contribution in [0.5, 0.6) is 0 Å². The van der Waals surface area contributed by atoms with Crippen LogP contribution < -0.4 is 5.32 Å². The summed E-state index contributed by atoms with van der Waals surface area (Å²) in [5.74, 6) is 0.171. The molecule has 0 saturated heterocycles. The van der Waals surface area contributed by atoms with Crippen molar-refractivity contribution >= 4 is 5.91 Å². The van der Waals surface area contributed by atoms with Gasteiger partial charge in [-0.05, 0) is 36.0 Å². The molecule has 2 aromatic carbocycles. The van der Waals surface area contributed by atoms with Crippen molar-refractivity contribution in [2.45, 2.75) is 31.7 Å². The summed E-state index contributed by atoms with van der Waals surface area (Å²) in [6.45, 7) is 0.609. The van der Waals surface area contributed by atoms with Crippen molar-refractivity contribution in [3.05, 3.63) is 71.3 Å². The van der Waals surface area contributed by atoms with E-state index < -0.39 is 0 Å². The van der Waals surface area contributed by atoms with Crippen molar-refractivity contribution in [3.63, 3.8) is 0 Å². The lowest BCUT2D eigenvalue weighted by Crippen LogP contribution is -2.31. The summed E-state index contributed by atoms with van der Waals surface area (Å²) in [5.41, 5.74) is 3.69. The van der Waals surface area contributed by atoms with Crippen LogP contribution in [0.3, 0.4) is 0 Å². The molecule has 1 aliphatic rings. The molecule has 20 heavy (non-hydrogen) atoms. The first kappa shape index (κ1) is 12.9. The van der Waals surface area contributed by atoms with Gasteiger partial charge in [0.2, 0.25) is 5.91 Å². The van der Waals surface area contributed by atoms with Gasteiger partial charge in [-0.3, -0.25) is 4.79 Å². The van der Waals surface area contributed by atoms with Gasteiger partial charge >= 0.3 is 0 Å². The molecule has 0 aliphatic heterocycles. The number of aryl methyl sites for hydroxylation is 1. The van der Waals surface area contributed by atoms with Gasteiger partial charge in [0.15, 0.2) is 0 Å². The molecule has 0 heterocycles. The van der Waals surface area contributed by atoms with Crippen LogP contribution >= 0.6 is 0 Å². The molecule has 0 aromatic heterocycles. The molecule has 0 saturated carbocycles. The number of benzene rings is 2. The monoisotopic (exact) mass is 265 g/mol. The highest BCUT2D eigenvalue weighted by atomic mass is 16.1. The summed E-state index contributed by atoms with van der Waals surface area (Å²) in [5, 5.41) is 3.07. The van der Waals surface area contributed by atoms with Crippen molar-refractivity contribution in [2.75, 3.05) is 0 Å². The Kier molecular flexibility index (Phi) is 3.82. The van der Waals surface area contributed by atoms with E-state index in [1.54, 1.807) is 0 Å². The molecule has 1 atom stereocenters. The fourth-order valence-corrected chi connectivity index (χ4v) is 2.93. The summed E-state index contributed by atoms with van der Waals surface area (Å²) >= 11 is 0. The van der Waals surface area contributed by atoms with Crippen LogP contribution in [-0.4, -0.2) is 5.91 Å². The number of carbonyl (C=O) groups excluding carboxylic acids is 1. The van der Waals surface area contributed by atoms with E-state index in [4.69, 9.17) is 0 Å². The molecular weight excluding hydrogens is 246 g/mol. The molecule has 2 aromatic rings. The van der Waals surface area contributed by atoms with Crippen molar-refractivity contribution in [1.29, 1.82) is 0 Å². The van der Waals surface area contributed by atoms with E-state index in [0.29, 0.717) is 6.54 Å². The lowest BCUT2D eigenvalue weighted by atomic mass is 9.82. The number of nitrogens with one attached hydrogen (secondary N) is 1. The number of hydrogen-bond donors (Lipinski definition) is 1. The minimum Gasteiger partial charge on any atom is -0.351 e. The smallest absolute Gasteiger partial charge is 0.227 e. The summed E-state index contributed by atoms with van der Waals surface area (Å²) in [4.78, 5) is 12.4. The third-order valence-corrected chi connectivity index (χ3v) is 4.00. The largest absolute Gasteiger partial charge is 0.351 e. The van der Waals surface area contributed by atoms with E-state index in [9.17, 15) is 4.79 Å². The molecule has 0 spiro atoms. The predicted molar refractivity (Wildman–Crippen MR) is 80.4 cm³/mol. The minimum atomic E-state index is 0.0173. The Hall–Kier alpha value is -2.09. The summed E-state index contributed by atoms with van der Waals surface area (Å²) in [6, 6.07) is 18.4. The lowest BCUT2D eigenvalue weighted by molar-refractivity contribution is -0.123. The second kappa shape index (κ2) is 5.91. The number of amides is 1. The number of rotatable bonds is 3. The highest BCUT2D eigenvalue weighted by Crippen LogP contribution is 2.31. The average Bonchev–Trinajstić information content (AvgIpc) is 2.53. The Labute approximate surface area is 119 Å². The second-order valence-corrected chi connectivity index (χ2v) is 5.35. The fourth-order valence-electron chi connectivity index (χ4n) is 2.93. The van der Waals surface area contributed by atoms with E-state index >= 15 is 0 Å². The first-order chi connectivity index (χ1) is 9.84. The molecule has 2 heteroatoms. The Balaban J connectivity index is 1.69. The van der Waals surface area contributed by atoms with Crippen LogP contribution in [-0.2, 0) is 17.8 Å². The summed E-state index contributed by atoms with van der Waals surface area (Å²) < 4.78 is 0. The normalized spacial score (nSPS) is 17.3. The summed E-state index contributed by atoms with van der Waals surface area (Å²) in [6.07, 6.45) is 3.15. The number of carbonyl (C=O) groups is 1. The van der Waals surface area contributed by atoms with E-state index in [0.717, 1.165) is 24.8 Å². The fraction of sp³-hybridized carbons (Fsp3) is 0.278. The van der Waals surface area contributed by atoms with Gasteiger partial charge < -0.3 is 5.32 Å². The highest BCUT2D eigenvalue weighted by molar-refractivity contribution is 5.84. The minimum absolute atomic E-state index is 0.0173. The van der Waals surface area contributed by atoms with Crippen molar-refractivity contribution in [2.24, 2.45) is 0 Å². The summed E-state index contributed by atoms with van der Waals surface area (Å²) in [7, 11) is 0. The van der Waals surface area contributed by atoms with Gasteiger partial charge in [0.05, 0.1) is 5.92 Å². The number of hydrogen-bond acceptors (Lipinski definition) is 1. The molecule has 0 bridgehead atoms. The van der Waals surface area contributed by atoms with Gasteiger partial charge in [0.1, 0.15) is 0 Å². The van der Waals surface area contributed by atoms with Gasteiger partial charge in [0.25, 0.3) is 0 Å². The lowest BCUT2D eigenvalue weighted by Gasteiger charge is -2.24. The average molecular weight is 265 g/mol. The maximum Gasteiger partial charge on any atom is 0.227 e. The molecule has 0 unspecified atom stereocenters. The van der Waals surface area contributed by atoms with Crippen LogP contribution in [0, 0.1) is 0 Å². The van der Waals surface area contributed by atoms with Crippen LogP contribution in [0.2, 0.25) is 0 Å². The Bertz CT molecular complexity index is 591. The van der Waals surface area contributed by atoms with Gasteiger partial charge in [-0.2, -0.15) is 0 Å². The molecule has 102 valence electrons. The van der Waals surface area contributed by atoms with E-state index in [1.807, 2.05) is 36.4 Å². The van der Waals surface area contributed by atoms with Crippen LogP contribution in [0.25, 0.3) is 0 Å². The molecule has 0 radical (unpaired) electrons. The first-order valence-electron chi connectivity index (χ1n) is 7.24. The van der Waals surface area contributed by atoms with E-state index in [-0.39, 0.29) is 11.8 Å². The first-order valence-corrected chi connectivity index (χ1v) is 7.24. The molecule has 2 nitrogen and oxygen atoms in total. The zero-order valence-electron chi connectivity index (χ0n) is 11.5. The molecule has 1 N–H and O–H groups in total. The number of fused-ring (bicyclic) bond motifs is 1. The highest BCUT2D eigenvalue weighted by Gasteiger charge is 2.25. The van der Waals surface area contributed by atoms with Crippen LogP contribution in [0.15, 0.2) is 54.6 Å². The second-order valence-electron chi connectivity index (χ2n) is 5.35. The molecule has 0 fully saturated rings. The quantitative estimate of drug-likeness (QED) is 0.905. The Morgan fingerprint density at radius 3 is 2.65 bits per heavy atom. The zero-order chi connectivity index (χ0) is 13.8. The Morgan fingerprint density at radius 2 is 1.80 bits per heavy atom. The maximum absolute atomic E-state index is 12.4. The van der Waals surface area contributed by atoms with Crippen molar-refractivity contribution < 1.29 is 4.79 Å². The van der Waals surface area contributed by atoms with E-state index in [1.165, 1.54) is 11.1 Å². The molecule has 3 rings (SSSR count). The third-order valence-electron chi connectivity index (χ3n) is 4.00. The SMILES string of the molecule is O=C(NCc1ccccc1)[C@H]1CCCc2ccccc21. The van der Waals surface area contributed by atoms with Gasteiger partial charge in [-0.25, -0.2) is 0 Å². The van der Waals surface area contributed by atoms with Gasteiger partial charge in [0, 0.05) is 6.54 Å². The molecular formula is C18H19NO. The molecule has 1 amide bonds. The van der Waals surface area contributed by atoms with Gasteiger partial charge in [-0.15, -0.1) is 0 Å². The van der Waals surface area contributed by atoms with Crippen molar-refractivity contribution in [1.82, 2.24) is 5.32 Å². The van der Waals surface area contributed by atoms with Crippen LogP contribution in [0.1, 0.15) is 35.4 Å². The van der Waals surface area contributed by atoms with E-state index in [2.05, 4.69) is 23.5 Å². The standard InChI is InChI=1S/C18H19NO/c20-18(19-13-14-7-2-1-3-8-14)17-12-6-10-15-9-4-5-11-16(15)17/h1-5,7-9,11,17H,6,10,12-13H2,(H,19,20)/t17-/m0/s1. The Morgan fingerprint density at radius 1 is 1.05 bits per heavy atom. The van der Waals surface area contributed by atoms with Crippen LogP contribution in [0.4, 0.5) is 0 Å². The van der Waals surface area contributed by atoms with Crippen molar-refractivity contribution in [3.8, 4) is 0 Å². The predicted octanol–water partition coefficient (Wildman–Crippen LogP) is 3.42. The third kappa shape index (κ3) is 2.74. The zero-order valence-corrected chi connectivity index (χ0v) is 11.5. The maximum atomic E-state index is 12.4.